The summed E-state index contributed by atoms with van der Waals surface area (Å²) in [6.45, 7) is 6.34. The van der Waals surface area contributed by atoms with Crippen LogP contribution in [0.15, 0.2) is 29.3 Å². The number of carbonyl (C=O) groups excluding carboxylic acids is 1. The van der Waals surface area contributed by atoms with Crippen LogP contribution in [0.3, 0.4) is 0 Å². The monoisotopic (exact) mass is 338 g/mol. The standard InChI is InChI=1S/C17H27ClN4O/c1-6-12(2)20-17(19-11-16(23)22(4)5)21-13(3)14-7-9-15(18)10-8-14/h7-10,12-13H,6,11H2,1-5H3,(H2,19,20,21). The van der Waals surface area contributed by atoms with E-state index in [1.807, 2.05) is 31.2 Å². The summed E-state index contributed by atoms with van der Waals surface area (Å²) in [6, 6.07) is 8.01. The lowest BCUT2D eigenvalue weighted by Gasteiger charge is -2.21. The lowest BCUT2D eigenvalue weighted by Crippen LogP contribution is -2.43. The smallest absolute Gasteiger partial charge is 0.243 e. The molecule has 23 heavy (non-hydrogen) atoms. The molecular weight excluding hydrogens is 312 g/mol. The maximum Gasteiger partial charge on any atom is 0.243 e. The van der Waals surface area contributed by atoms with E-state index in [0.717, 1.165) is 12.0 Å². The summed E-state index contributed by atoms with van der Waals surface area (Å²) in [4.78, 5) is 17.7. The third kappa shape index (κ3) is 6.91. The second kappa shape index (κ2) is 9.40. The van der Waals surface area contributed by atoms with Gasteiger partial charge in [-0.25, -0.2) is 4.99 Å². The topological polar surface area (TPSA) is 56.7 Å². The van der Waals surface area contributed by atoms with Crippen LogP contribution in [-0.2, 0) is 4.79 Å². The molecule has 0 saturated heterocycles. The Hall–Kier alpha value is -1.75. The number of carbonyl (C=O) groups is 1. The van der Waals surface area contributed by atoms with Crippen molar-refractivity contribution in [3.8, 4) is 0 Å². The van der Waals surface area contributed by atoms with Gasteiger partial charge in [0.2, 0.25) is 5.91 Å². The Morgan fingerprint density at radius 3 is 2.35 bits per heavy atom. The molecule has 1 rings (SSSR count). The average Bonchev–Trinajstić information content (AvgIpc) is 2.52. The van der Waals surface area contributed by atoms with Gasteiger partial charge in [-0.2, -0.15) is 0 Å². The van der Waals surface area contributed by atoms with E-state index in [4.69, 9.17) is 11.6 Å². The number of nitrogens with one attached hydrogen (secondary N) is 2. The van der Waals surface area contributed by atoms with E-state index in [2.05, 4.69) is 29.5 Å². The van der Waals surface area contributed by atoms with Crippen LogP contribution < -0.4 is 10.6 Å². The molecule has 5 nitrogen and oxygen atoms in total. The second-order valence-electron chi connectivity index (χ2n) is 5.82. The zero-order valence-corrected chi connectivity index (χ0v) is 15.3. The molecule has 0 spiro atoms. The molecule has 0 aromatic heterocycles. The van der Waals surface area contributed by atoms with Crippen LogP contribution in [0.25, 0.3) is 0 Å². The molecule has 1 aromatic carbocycles. The molecule has 0 heterocycles. The summed E-state index contributed by atoms with van der Waals surface area (Å²) >= 11 is 5.93. The van der Waals surface area contributed by atoms with E-state index >= 15 is 0 Å². The lowest BCUT2D eigenvalue weighted by molar-refractivity contribution is -0.127. The molecule has 0 fully saturated rings. The van der Waals surface area contributed by atoms with Gasteiger partial charge in [0.1, 0.15) is 6.54 Å². The normalized spacial score (nSPS) is 14.1. The van der Waals surface area contributed by atoms with Crippen molar-refractivity contribution < 1.29 is 4.79 Å². The van der Waals surface area contributed by atoms with Gasteiger partial charge in [0.25, 0.3) is 0 Å². The van der Waals surface area contributed by atoms with E-state index < -0.39 is 0 Å². The number of halogens is 1. The van der Waals surface area contributed by atoms with Crippen LogP contribution in [-0.4, -0.2) is 43.4 Å². The Bertz CT molecular complexity index is 528. The number of nitrogens with zero attached hydrogens (tertiary/aromatic N) is 2. The first-order valence-corrected chi connectivity index (χ1v) is 8.24. The van der Waals surface area contributed by atoms with Crippen LogP contribution in [0.4, 0.5) is 0 Å². The zero-order valence-electron chi connectivity index (χ0n) is 14.6. The van der Waals surface area contributed by atoms with Crippen LogP contribution in [0.5, 0.6) is 0 Å². The number of likely N-dealkylation sites (N-methyl/N-ethyl adjacent to an activating group) is 1. The first-order valence-electron chi connectivity index (χ1n) is 7.86. The average molecular weight is 339 g/mol. The highest BCUT2D eigenvalue weighted by molar-refractivity contribution is 6.30. The van der Waals surface area contributed by atoms with Crippen LogP contribution >= 0.6 is 11.6 Å². The summed E-state index contributed by atoms with van der Waals surface area (Å²) in [7, 11) is 3.45. The molecule has 1 amide bonds. The van der Waals surface area contributed by atoms with Gasteiger partial charge in [-0.15, -0.1) is 0 Å². The van der Waals surface area contributed by atoms with E-state index in [0.29, 0.717) is 11.0 Å². The predicted octanol–water partition coefficient (Wildman–Crippen LogP) is 2.82. The maximum atomic E-state index is 11.7. The Morgan fingerprint density at radius 1 is 1.22 bits per heavy atom. The van der Waals surface area contributed by atoms with Gasteiger partial charge in [0.15, 0.2) is 5.96 Å². The number of rotatable bonds is 6. The van der Waals surface area contributed by atoms with E-state index in [-0.39, 0.29) is 24.5 Å². The first kappa shape index (κ1) is 19.3. The summed E-state index contributed by atoms with van der Waals surface area (Å²) in [5, 5.41) is 7.36. The molecule has 0 aliphatic rings. The molecule has 0 radical (unpaired) electrons. The molecular formula is C17H27ClN4O. The molecule has 0 aliphatic carbocycles. The molecule has 0 bridgehead atoms. The molecule has 2 atom stereocenters. The Labute approximate surface area is 144 Å². The summed E-state index contributed by atoms with van der Waals surface area (Å²) in [5.74, 6) is 0.603. The minimum atomic E-state index is -0.0330. The molecule has 2 N–H and O–H groups in total. The maximum absolute atomic E-state index is 11.7. The fraction of sp³-hybridized carbons (Fsp3) is 0.529. The number of amides is 1. The van der Waals surface area contributed by atoms with Gasteiger partial charge in [-0.05, 0) is 38.0 Å². The highest BCUT2D eigenvalue weighted by atomic mass is 35.5. The van der Waals surface area contributed by atoms with Gasteiger partial charge in [-0.3, -0.25) is 4.79 Å². The summed E-state index contributed by atoms with van der Waals surface area (Å²) < 4.78 is 0. The van der Waals surface area contributed by atoms with Gasteiger partial charge in [0.05, 0.1) is 6.04 Å². The second-order valence-corrected chi connectivity index (χ2v) is 6.26. The Balaban J connectivity index is 2.80. The largest absolute Gasteiger partial charge is 0.354 e. The Morgan fingerprint density at radius 2 is 1.83 bits per heavy atom. The van der Waals surface area contributed by atoms with Crippen LogP contribution in [0.2, 0.25) is 5.02 Å². The zero-order chi connectivity index (χ0) is 17.4. The van der Waals surface area contributed by atoms with E-state index in [9.17, 15) is 4.79 Å². The third-order valence-electron chi connectivity index (χ3n) is 3.59. The van der Waals surface area contributed by atoms with Gasteiger partial charge in [0, 0.05) is 25.2 Å². The van der Waals surface area contributed by atoms with Crippen molar-refractivity contribution in [1.29, 1.82) is 0 Å². The van der Waals surface area contributed by atoms with E-state index in [1.54, 1.807) is 14.1 Å². The highest BCUT2D eigenvalue weighted by Crippen LogP contribution is 2.15. The quantitative estimate of drug-likeness (QED) is 0.619. The minimum absolute atomic E-state index is 0.0330. The number of guanidine groups is 1. The van der Waals surface area contributed by atoms with Crippen molar-refractivity contribution in [3.05, 3.63) is 34.9 Å². The SMILES string of the molecule is CCC(C)NC(=NCC(=O)N(C)C)NC(C)c1ccc(Cl)cc1. The van der Waals surface area contributed by atoms with Crippen molar-refractivity contribution in [2.24, 2.45) is 4.99 Å². The summed E-state index contributed by atoms with van der Waals surface area (Å²) in [6.07, 6.45) is 0.970. The van der Waals surface area contributed by atoms with Crippen molar-refractivity contribution in [2.75, 3.05) is 20.6 Å². The van der Waals surface area contributed by atoms with Crippen molar-refractivity contribution in [2.45, 2.75) is 39.3 Å². The van der Waals surface area contributed by atoms with Crippen molar-refractivity contribution in [1.82, 2.24) is 15.5 Å². The molecule has 0 saturated carbocycles. The molecule has 0 aliphatic heterocycles. The molecule has 1 aromatic rings. The van der Waals surface area contributed by atoms with Crippen molar-refractivity contribution in [3.63, 3.8) is 0 Å². The van der Waals surface area contributed by atoms with Gasteiger partial charge < -0.3 is 15.5 Å². The number of aliphatic imine (C=N–C) groups is 1. The van der Waals surface area contributed by atoms with Gasteiger partial charge >= 0.3 is 0 Å². The highest BCUT2D eigenvalue weighted by Gasteiger charge is 2.11. The molecule has 128 valence electrons. The van der Waals surface area contributed by atoms with Crippen molar-refractivity contribution >= 4 is 23.5 Å². The lowest BCUT2D eigenvalue weighted by atomic mass is 10.1. The number of hydrogen-bond donors (Lipinski definition) is 2. The minimum Gasteiger partial charge on any atom is -0.354 e. The number of benzene rings is 1. The fourth-order valence-corrected chi connectivity index (χ4v) is 1.92. The third-order valence-corrected chi connectivity index (χ3v) is 3.84. The molecule has 6 heteroatoms. The summed E-state index contributed by atoms with van der Waals surface area (Å²) in [5.41, 5.74) is 1.10. The predicted molar refractivity (Wildman–Crippen MR) is 96.9 cm³/mol. The van der Waals surface area contributed by atoms with Crippen LogP contribution in [0.1, 0.15) is 38.8 Å². The van der Waals surface area contributed by atoms with Gasteiger partial charge in [-0.1, -0.05) is 30.7 Å². The van der Waals surface area contributed by atoms with Crippen LogP contribution in [0, 0.1) is 0 Å². The number of hydrogen-bond acceptors (Lipinski definition) is 2. The first-order chi connectivity index (χ1) is 10.8. The fourth-order valence-electron chi connectivity index (χ4n) is 1.80. The molecule has 2 unspecified atom stereocenters. The Kier molecular flexibility index (Phi) is 7.89. The van der Waals surface area contributed by atoms with E-state index in [1.165, 1.54) is 4.90 Å².